The number of ether oxygens (including phenoxy) is 2. The average Bonchev–Trinajstić information content (AvgIpc) is 2.77. The van der Waals surface area contributed by atoms with Crippen LogP contribution in [0, 0.1) is 0 Å². The van der Waals surface area contributed by atoms with Gasteiger partial charge >= 0.3 is 5.97 Å². The van der Waals surface area contributed by atoms with Gasteiger partial charge in [-0.15, -0.1) is 0 Å². The molecule has 29 heavy (non-hydrogen) atoms. The molecule has 0 radical (unpaired) electrons. The number of benzene rings is 3. The van der Waals surface area contributed by atoms with E-state index in [2.05, 4.69) is 10.1 Å². The van der Waals surface area contributed by atoms with Crippen molar-refractivity contribution in [2.45, 2.75) is 6.42 Å². The van der Waals surface area contributed by atoms with Crippen LogP contribution in [0.3, 0.4) is 0 Å². The number of ketones is 1. The predicted molar refractivity (Wildman–Crippen MR) is 109 cm³/mol. The van der Waals surface area contributed by atoms with Gasteiger partial charge in [0, 0.05) is 17.7 Å². The second kappa shape index (κ2) is 9.50. The number of rotatable bonds is 8. The number of Topliss-reactive ketones (excluding diaryl/α,β-unsaturated/α-hetero) is 1. The van der Waals surface area contributed by atoms with Crippen LogP contribution in [-0.4, -0.2) is 37.9 Å². The van der Waals surface area contributed by atoms with Crippen LogP contribution >= 0.6 is 0 Å². The first-order valence-corrected chi connectivity index (χ1v) is 9.21. The molecular formula is C23H21NO5. The number of methoxy groups -OCH3 is 1. The lowest BCUT2D eigenvalue weighted by Gasteiger charge is -2.08. The highest BCUT2D eigenvalue weighted by Gasteiger charge is 2.16. The van der Waals surface area contributed by atoms with Crippen LogP contribution in [0.1, 0.15) is 27.1 Å². The first kappa shape index (κ1) is 20.1. The molecule has 0 aliphatic carbocycles. The highest BCUT2D eigenvalue weighted by atomic mass is 16.5. The molecule has 0 spiro atoms. The smallest absolute Gasteiger partial charge is 0.379 e. The van der Waals surface area contributed by atoms with Crippen molar-refractivity contribution < 1.29 is 23.9 Å². The number of fused-ring (bicyclic) bond motifs is 1. The van der Waals surface area contributed by atoms with Gasteiger partial charge in [-0.05, 0) is 53.6 Å². The minimum Gasteiger partial charge on any atom is -0.494 e. The fourth-order valence-corrected chi connectivity index (χ4v) is 2.81. The molecule has 0 atom stereocenters. The summed E-state index contributed by atoms with van der Waals surface area (Å²) >= 11 is 0. The Morgan fingerprint density at radius 2 is 1.55 bits per heavy atom. The van der Waals surface area contributed by atoms with Crippen molar-refractivity contribution in [1.29, 1.82) is 0 Å². The lowest BCUT2D eigenvalue weighted by molar-refractivity contribution is -0.135. The second-order valence-electron chi connectivity index (χ2n) is 6.36. The van der Waals surface area contributed by atoms with Crippen molar-refractivity contribution >= 4 is 28.4 Å². The van der Waals surface area contributed by atoms with Gasteiger partial charge in [0.25, 0.3) is 11.7 Å². The van der Waals surface area contributed by atoms with E-state index in [0.717, 1.165) is 17.9 Å². The summed E-state index contributed by atoms with van der Waals surface area (Å²) in [5, 5.41) is 5.00. The molecule has 0 bridgehead atoms. The number of carbonyl (C=O) groups is 3. The molecule has 3 aromatic rings. The van der Waals surface area contributed by atoms with Gasteiger partial charge in [-0.25, -0.2) is 4.79 Å². The maximum atomic E-state index is 12.3. The van der Waals surface area contributed by atoms with E-state index in [9.17, 15) is 14.4 Å². The van der Waals surface area contributed by atoms with Crippen LogP contribution in [0.15, 0.2) is 66.7 Å². The minimum atomic E-state index is -0.902. The maximum Gasteiger partial charge on any atom is 0.379 e. The maximum absolute atomic E-state index is 12.3. The fraction of sp³-hybridized carbons (Fsp3) is 0.174. The van der Waals surface area contributed by atoms with Crippen molar-refractivity contribution in [2.24, 2.45) is 0 Å². The summed E-state index contributed by atoms with van der Waals surface area (Å²) in [6.07, 6.45) is 0.627. The standard InChI is InChI=1S/C23H21NO5/c1-28-23(27)21(25)17-9-11-20(12-10-17)29-14-4-13-24-22(26)19-8-7-16-5-2-3-6-18(16)15-19/h2-3,5-12,15H,4,13-14H2,1H3,(H,24,26). The Hall–Kier alpha value is -3.67. The van der Waals surface area contributed by atoms with Gasteiger partial charge in [0.05, 0.1) is 13.7 Å². The molecule has 0 unspecified atom stereocenters. The second-order valence-corrected chi connectivity index (χ2v) is 6.36. The van der Waals surface area contributed by atoms with E-state index in [1.165, 1.54) is 12.1 Å². The Bertz CT molecular complexity index is 1030. The molecular weight excluding hydrogens is 370 g/mol. The number of nitrogens with one attached hydrogen (secondary N) is 1. The lowest BCUT2D eigenvalue weighted by atomic mass is 10.1. The van der Waals surface area contributed by atoms with Gasteiger partial charge in [0.2, 0.25) is 0 Å². The Labute approximate surface area is 168 Å². The summed E-state index contributed by atoms with van der Waals surface area (Å²) in [5.41, 5.74) is 0.863. The molecule has 0 aromatic heterocycles. The summed E-state index contributed by atoms with van der Waals surface area (Å²) in [6.45, 7) is 0.882. The van der Waals surface area contributed by atoms with Crippen LogP contribution in [0.4, 0.5) is 0 Å². The molecule has 0 saturated carbocycles. The van der Waals surface area contributed by atoms with E-state index in [-0.39, 0.29) is 11.5 Å². The molecule has 1 N–H and O–H groups in total. The zero-order chi connectivity index (χ0) is 20.6. The number of hydrogen-bond donors (Lipinski definition) is 1. The topological polar surface area (TPSA) is 81.7 Å². The molecule has 0 fully saturated rings. The molecule has 0 aliphatic rings. The molecule has 3 rings (SSSR count). The first-order chi connectivity index (χ1) is 14.1. The Morgan fingerprint density at radius 3 is 2.28 bits per heavy atom. The highest BCUT2D eigenvalue weighted by Crippen LogP contribution is 2.16. The summed E-state index contributed by atoms with van der Waals surface area (Å²) in [4.78, 5) is 35.2. The van der Waals surface area contributed by atoms with E-state index < -0.39 is 11.8 Å². The summed E-state index contributed by atoms with van der Waals surface area (Å²) < 4.78 is 10.0. The zero-order valence-corrected chi connectivity index (χ0v) is 16.0. The van der Waals surface area contributed by atoms with Crippen molar-refractivity contribution in [1.82, 2.24) is 5.32 Å². The van der Waals surface area contributed by atoms with Crippen LogP contribution in [-0.2, 0) is 9.53 Å². The van der Waals surface area contributed by atoms with E-state index in [0.29, 0.717) is 30.9 Å². The molecule has 6 nitrogen and oxygen atoms in total. The van der Waals surface area contributed by atoms with Gasteiger partial charge in [-0.1, -0.05) is 30.3 Å². The number of hydrogen-bond acceptors (Lipinski definition) is 5. The monoisotopic (exact) mass is 391 g/mol. The van der Waals surface area contributed by atoms with Gasteiger partial charge in [0.15, 0.2) is 0 Å². The minimum absolute atomic E-state index is 0.124. The van der Waals surface area contributed by atoms with Gasteiger partial charge < -0.3 is 14.8 Å². The number of esters is 1. The van der Waals surface area contributed by atoms with Gasteiger partial charge in [-0.2, -0.15) is 0 Å². The van der Waals surface area contributed by atoms with Crippen molar-refractivity contribution in [3.8, 4) is 5.75 Å². The average molecular weight is 391 g/mol. The third-order valence-electron chi connectivity index (χ3n) is 4.37. The number of carbonyl (C=O) groups excluding carboxylic acids is 3. The fourth-order valence-electron chi connectivity index (χ4n) is 2.81. The molecule has 0 aliphatic heterocycles. The van der Waals surface area contributed by atoms with Crippen LogP contribution in [0.5, 0.6) is 5.75 Å². The van der Waals surface area contributed by atoms with Crippen molar-refractivity contribution in [2.75, 3.05) is 20.3 Å². The summed E-state index contributed by atoms with van der Waals surface area (Å²) in [6, 6.07) is 19.8. The quantitative estimate of drug-likeness (QED) is 0.275. The summed E-state index contributed by atoms with van der Waals surface area (Å²) in [5.74, 6) is -1.15. The Balaban J connectivity index is 1.42. The van der Waals surface area contributed by atoms with Crippen LogP contribution in [0.25, 0.3) is 10.8 Å². The summed E-state index contributed by atoms with van der Waals surface area (Å²) in [7, 11) is 1.16. The Kier molecular flexibility index (Phi) is 6.58. The third-order valence-corrected chi connectivity index (χ3v) is 4.37. The zero-order valence-electron chi connectivity index (χ0n) is 16.0. The lowest BCUT2D eigenvalue weighted by Crippen LogP contribution is -2.25. The van der Waals surface area contributed by atoms with E-state index >= 15 is 0 Å². The van der Waals surface area contributed by atoms with E-state index in [4.69, 9.17) is 4.74 Å². The van der Waals surface area contributed by atoms with E-state index in [1.807, 2.05) is 42.5 Å². The largest absolute Gasteiger partial charge is 0.494 e. The normalized spacial score (nSPS) is 10.4. The molecule has 0 heterocycles. The van der Waals surface area contributed by atoms with Crippen molar-refractivity contribution in [3.63, 3.8) is 0 Å². The molecule has 3 aromatic carbocycles. The SMILES string of the molecule is COC(=O)C(=O)c1ccc(OCCCNC(=O)c2ccc3ccccc3c2)cc1. The first-order valence-electron chi connectivity index (χ1n) is 9.21. The predicted octanol–water partition coefficient (Wildman–Crippen LogP) is 3.39. The molecule has 1 amide bonds. The van der Waals surface area contributed by atoms with Crippen LogP contribution < -0.4 is 10.1 Å². The Morgan fingerprint density at radius 1 is 0.862 bits per heavy atom. The molecule has 6 heteroatoms. The third kappa shape index (κ3) is 5.19. The number of amides is 1. The van der Waals surface area contributed by atoms with Gasteiger partial charge in [0.1, 0.15) is 5.75 Å². The van der Waals surface area contributed by atoms with Crippen molar-refractivity contribution in [3.05, 3.63) is 77.9 Å². The highest BCUT2D eigenvalue weighted by molar-refractivity contribution is 6.40. The molecule has 0 saturated heterocycles. The van der Waals surface area contributed by atoms with E-state index in [1.54, 1.807) is 12.1 Å². The van der Waals surface area contributed by atoms with Crippen LogP contribution in [0.2, 0.25) is 0 Å². The van der Waals surface area contributed by atoms with Gasteiger partial charge in [-0.3, -0.25) is 9.59 Å². The molecule has 148 valence electrons.